The van der Waals surface area contributed by atoms with Gasteiger partial charge in [-0.25, -0.2) is 4.79 Å². The van der Waals surface area contributed by atoms with E-state index in [1.54, 1.807) is 36.7 Å². The van der Waals surface area contributed by atoms with Crippen LogP contribution in [0.15, 0.2) is 72.5 Å². The molecule has 0 N–H and O–H groups in total. The van der Waals surface area contributed by atoms with Gasteiger partial charge in [0.15, 0.2) is 5.78 Å². The first-order valence-corrected chi connectivity index (χ1v) is 7.97. The third kappa shape index (κ3) is 3.49. The van der Waals surface area contributed by atoms with Crippen molar-refractivity contribution >= 4 is 18.0 Å². The maximum absolute atomic E-state index is 12.0. The summed E-state index contributed by atoms with van der Waals surface area (Å²) in [7, 11) is 1.32. The molecule has 6 nitrogen and oxygen atoms in total. The summed E-state index contributed by atoms with van der Waals surface area (Å²) in [6.07, 6.45) is 10.3. The largest absolute Gasteiger partial charge is 0.470 e. The van der Waals surface area contributed by atoms with Crippen molar-refractivity contribution in [3.63, 3.8) is 0 Å². The lowest BCUT2D eigenvalue weighted by molar-refractivity contribution is -0.114. The predicted molar refractivity (Wildman–Crippen MR) is 93.6 cm³/mol. The molecule has 1 unspecified atom stereocenters. The van der Waals surface area contributed by atoms with Gasteiger partial charge in [0.1, 0.15) is 18.8 Å². The molecule has 26 heavy (non-hydrogen) atoms. The maximum Gasteiger partial charge on any atom is 0.337 e. The van der Waals surface area contributed by atoms with Gasteiger partial charge in [0, 0.05) is 24.4 Å². The molecular formula is C20H17NO5. The van der Waals surface area contributed by atoms with Gasteiger partial charge in [-0.2, -0.15) is 0 Å². The highest BCUT2D eigenvalue weighted by molar-refractivity contribution is 5.98. The first-order chi connectivity index (χ1) is 12.6. The normalized spacial score (nSPS) is 17.1. The molecule has 1 atom stereocenters. The van der Waals surface area contributed by atoms with Gasteiger partial charge in [-0.3, -0.25) is 9.59 Å². The van der Waals surface area contributed by atoms with Crippen LogP contribution in [0.25, 0.3) is 0 Å². The van der Waals surface area contributed by atoms with E-state index in [4.69, 9.17) is 9.47 Å². The number of benzene rings is 1. The molecule has 1 aromatic rings. The van der Waals surface area contributed by atoms with Crippen molar-refractivity contribution < 1.29 is 23.9 Å². The first-order valence-electron chi connectivity index (χ1n) is 7.97. The van der Waals surface area contributed by atoms with E-state index in [1.165, 1.54) is 31.8 Å². The summed E-state index contributed by atoms with van der Waals surface area (Å²) in [6, 6.07) is 6.50. The monoisotopic (exact) mass is 351 g/mol. The second kappa shape index (κ2) is 7.65. The van der Waals surface area contributed by atoms with Crippen LogP contribution in [0.4, 0.5) is 0 Å². The van der Waals surface area contributed by atoms with Gasteiger partial charge in [-0.15, -0.1) is 0 Å². The number of hydrogen-bond acceptors (Lipinski definition) is 6. The van der Waals surface area contributed by atoms with E-state index in [2.05, 4.69) is 0 Å². The molecule has 0 bridgehead atoms. The zero-order valence-electron chi connectivity index (χ0n) is 14.1. The van der Waals surface area contributed by atoms with Crippen LogP contribution in [0.1, 0.15) is 28.4 Å². The minimum atomic E-state index is -0.428. The van der Waals surface area contributed by atoms with Crippen LogP contribution in [0.2, 0.25) is 0 Å². The molecule has 0 spiro atoms. The van der Waals surface area contributed by atoms with E-state index in [-0.39, 0.29) is 18.2 Å². The molecule has 0 saturated carbocycles. The van der Waals surface area contributed by atoms with Crippen LogP contribution < -0.4 is 0 Å². The topological polar surface area (TPSA) is 72.9 Å². The van der Waals surface area contributed by atoms with Crippen LogP contribution in [-0.4, -0.2) is 30.0 Å². The molecule has 1 aromatic carbocycles. The van der Waals surface area contributed by atoms with Crippen LogP contribution in [0, 0.1) is 0 Å². The number of allylic oxidation sites excluding steroid dienone is 3. The molecule has 1 heterocycles. The maximum atomic E-state index is 12.0. The molecule has 0 fully saturated rings. The standard InChI is InChI=1S/C20H17NO5/c1-25-20(24)15-4-2-14(3-5-15)19(21-8-10-26-11-9-21)18-12-17(23)7-6-16(18)13-22/h2-11,13,19H,12H2,1H3. The first kappa shape index (κ1) is 17.4. The summed E-state index contributed by atoms with van der Waals surface area (Å²) < 4.78 is 9.80. The summed E-state index contributed by atoms with van der Waals surface area (Å²) in [4.78, 5) is 37.0. The summed E-state index contributed by atoms with van der Waals surface area (Å²) in [5.74, 6) is -0.495. The molecule has 3 rings (SSSR count). The summed E-state index contributed by atoms with van der Waals surface area (Å²) in [6.45, 7) is 0. The van der Waals surface area contributed by atoms with Gasteiger partial charge < -0.3 is 14.4 Å². The van der Waals surface area contributed by atoms with Crippen molar-refractivity contribution in [2.45, 2.75) is 12.5 Å². The number of ether oxygens (including phenoxy) is 2. The van der Waals surface area contributed by atoms with Gasteiger partial charge in [-0.05, 0) is 35.4 Å². The van der Waals surface area contributed by atoms with E-state index in [0.717, 1.165) is 11.8 Å². The number of rotatable bonds is 5. The number of hydrogen-bond donors (Lipinski definition) is 0. The van der Waals surface area contributed by atoms with Crippen LogP contribution in [0.3, 0.4) is 0 Å². The van der Waals surface area contributed by atoms with E-state index in [1.807, 2.05) is 4.90 Å². The fourth-order valence-electron chi connectivity index (χ4n) is 2.96. The number of aldehydes is 1. The molecule has 0 aromatic heterocycles. The summed E-state index contributed by atoms with van der Waals surface area (Å²) in [5, 5.41) is 0. The Kier molecular flexibility index (Phi) is 5.12. The van der Waals surface area contributed by atoms with Crippen molar-refractivity contribution in [1.82, 2.24) is 4.90 Å². The fourth-order valence-corrected chi connectivity index (χ4v) is 2.96. The molecule has 2 aliphatic rings. The lowest BCUT2D eigenvalue weighted by Gasteiger charge is -2.32. The van der Waals surface area contributed by atoms with E-state index in [9.17, 15) is 14.4 Å². The fraction of sp³-hybridized carbons (Fsp3) is 0.150. The highest BCUT2D eigenvalue weighted by atomic mass is 16.5. The Morgan fingerprint density at radius 1 is 1.19 bits per heavy atom. The third-order valence-electron chi connectivity index (χ3n) is 4.21. The van der Waals surface area contributed by atoms with Gasteiger partial charge in [-0.1, -0.05) is 12.1 Å². The second-order valence-electron chi connectivity index (χ2n) is 5.74. The molecule has 0 saturated heterocycles. The Bertz CT molecular complexity index is 833. The Labute approximate surface area is 150 Å². The molecule has 1 aliphatic carbocycles. The van der Waals surface area contributed by atoms with Crippen molar-refractivity contribution in [1.29, 1.82) is 0 Å². The van der Waals surface area contributed by atoms with Crippen molar-refractivity contribution in [3.8, 4) is 0 Å². The highest BCUT2D eigenvalue weighted by Crippen LogP contribution is 2.36. The van der Waals surface area contributed by atoms with Crippen molar-refractivity contribution in [2.75, 3.05) is 7.11 Å². The molecule has 0 amide bonds. The third-order valence-corrected chi connectivity index (χ3v) is 4.21. The number of methoxy groups -OCH3 is 1. The molecule has 6 heteroatoms. The Morgan fingerprint density at radius 2 is 1.88 bits per heavy atom. The lowest BCUT2D eigenvalue weighted by atomic mass is 9.87. The SMILES string of the molecule is COC(=O)c1ccc(C(C2=C(C=O)C=CC(=O)C2)N2C=COC=C2)cc1. The van der Waals surface area contributed by atoms with Crippen molar-refractivity contribution in [2.24, 2.45) is 0 Å². The van der Waals surface area contributed by atoms with Gasteiger partial charge in [0.05, 0.1) is 18.7 Å². The minimum absolute atomic E-state index is 0.0667. The lowest BCUT2D eigenvalue weighted by Crippen LogP contribution is -2.25. The van der Waals surface area contributed by atoms with Gasteiger partial charge >= 0.3 is 5.97 Å². The molecule has 1 aliphatic heterocycles. The molecule has 0 radical (unpaired) electrons. The van der Waals surface area contributed by atoms with Crippen LogP contribution in [0.5, 0.6) is 0 Å². The number of carbonyl (C=O) groups excluding carboxylic acids is 3. The second-order valence-corrected chi connectivity index (χ2v) is 5.74. The smallest absolute Gasteiger partial charge is 0.337 e. The van der Waals surface area contributed by atoms with Crippen LogP contribution >= 0.6 is 0 Å². The van der Waals surface area contributed by atoms with E-state index >= 15 is 0 Å². The Balaban J connectivity index is 2.07. The quantitative estimate of drug-likeness (QED) is 0.600. The van der Waals surface area contributed by atoms with Crippen molar-refractivity contribution in [3.05, 3.63) is 83.6 Å². The van der Waals surface area contributed by atoms with E-state index < -0.39 is 5.97 Å². The number of nitrogens with zero attached hydrogens (tertiary/aromatic N) is 1. The average molecular weight is 351 g/mol. The highest BCUT2D eigenvalue weighted by Gasteiger charge is 2.27. The zero-order valence-corrected chi connectivity index (χ0v) is 14.1. The summed E-state index contributed by atoms with van der Waals surface area (Å²) >= 11 is 0. The number of carbonyl (C=O) groups is 3. The Morgan fingerprint density at radius 3 is 2.50 bits per heavy atom. The number of ketones is 1. The van der Waals surface area contributed by atoms with Gasteiger partial charge in [0.25, 0.3) is 0 Å². The van der Waals surface area contributed by atoms with Gasteiger partial charge in [0.2, 0.25) is 0 Å². The minimum Gasteiger partial charge on any atom is -0.470 e. The number of esters is 1. The Hall–Kier alpha value is -3.41. The predicted octanol–water partition coefficient (Wildman–Crippen LogP) is 2.81. The average Bonchev–Trinajstić information content (AvgIpc) is 2.69. The van der Waals surface area contributed by atoms with E-state index in [0.29, 0.717) is 16.7 Å². The molecular weight excluding hydrogens is 334 g/mol. The molecule has 132 valence electrons. The summed E-state index contributed by atoms with van der Waals surface area (Å²) in [5.41, 5.74) is 2.41. The van der Waals surface area contributed by atoms with Crippen LogP contribution in [-0.2, 0) is 19.1 Å². The zero-order chi connectivity index (χ0) is 18.5.